The van der Waals surface area contributed by atoms with E-state index in [1.165, 1.54) is 10.1 Å². The lowest BCUT2D eigenvalue weighted by atomic mass is 10.1. The Labute approximate surface area is 195 Å². The van der Waals surface area contributed by atoms with Gasteiger partial charge < -0.3 is 20.7 Å². The summed E-state index contributed by atoms with van der Waals surface area (Å²) in [5.74, 6) is -0.540. The molecule has 3 aromatic heterocycles. The van der Waals surface area contributed by atoms with Crippen molar-refractivity contribution in [2.45, 2.75) is 31.2 Å². The van der Waals surface area contributed by atoms with Crippen LogP contribution < -0.4 is 16.0 Å². The molecule has 10 nitrogen and oxygen atoms in total. The Bertz CT molecular complexity index is 1230. The Morgan fingerprint density at radius 1 is 1.15 bits per heavy atom. The summed E-state index contributed by atoms with van der Waals surface area (Å²) in [5.41, 5.74) is 9.18. The van der Waals surface area contributed by atoms with E-state index in [2.05, 4.69) is 30.2 Å². The van der Waals surface area contributed by atoms with E-state index in [4.69, 9.17) is 10.5 Å². The van der Waals surface area contributed by atoms with Crippen LogP contribution in [0.15, 0.2) is 24.8 Å². The van der Waals surface area contributed by atoms with Gasteiger partial charge in [-0.2, -0.15) is 0 Å². The maximum atomic E-state index is 13.5. The van der Waals surface area contributed by atoms with Crippen molar-refractivity contribution in [1.29, 1.82) is 0 Å². The molecule has 0 radical (unpaired) electrons. The van der Waals surface area contributed by atoms with Gasteiger partial charge in [0, 0.05) is 45.0 Å². The monoisotopic (exact) mass is 466 g/mol. The molecule has 0 bridgehead atoms. The number of ether oxygens (including phenoxy) is 1. The van der Waals surface area contributed by atoms with Gasteiger partial charge in [0.1, 0.15) is 5.56 Å². The van der Waals surface area contributed by atoms with E-state index in [1.807, 2.05) is 6.20 Å². The topological polar surface area (TPSA) is 114 Å². The van der Waals surface area contributed by atoms with Crippen LogP contribution in [-0.4, -0.2) is 75.8 Å². The highest BCUT2D eigenvalue weighted by Crippen LogP contribution is 2.46. The molecular weight excluding hydrogens is 439 g/mol. The second-order valence-corrected chi connectivity index (χ2v) is 9.19. The van der Waals surface area contributed by atoms with E-state index in [-0.39, 0.29) is 17.0 Å². The van der Waals surface area contributed by atoms with E-state index in [9.17, 15) is 9.18 Å². The molecular formula is C23H27FN8O2. The first-order valence-electron chi connectivity index (χ1n) is 11.7. The van der Waals surface area contributed by atoms with Crippen LogP contribution in [0.1, 0.15) is 41.1 Å². The molecule has 1 amide bonds. The van der Waals surface area contributed by atoms with E-state index >= 15 is 0 Å². The van der Waals surface area contributed by atoms with E-state index in [0.29, 0.717) is 17.6 Å². The van der Waals surface area contributed by atoms with Crippen molar-refractivity contribution in [1.82, 2.24) is 24.5 Å². The number of carbonyl (C=O) groups excluding carboxylic acids is 1. The minimum absolute atomic E-state index is 0.00384. The van der Waals surface area contributed by atoms with Crippen molar-refractivity contribution in [2.24, 2.45) is 0 Å². The summed E-state index contributed by atoms with van der Waals surface area (Å²) >= 11 is 0. The summed E-state index contributed by atoms with van der Waals surface area (Å²) in [6.07, 6.45) is 9.14. The van der Waals surface area contributed by atoms with E-state index < -0.39 is 11.7 Å². The number of fused-ring (bicyclic) bond motifs is 1. The second kappa shape index (κ2) is 8.48. The van der Waals surface area contributed by atoms with Gasteiger partial charge in [0.05, 0.1) is 36.6 Å². The van der Waals surface area contributed by atoms with Crippen LogP contribution in [0, 0.1) is 5.82 Å². The predicted molar refractivity (Wildman–Crippen MR) is 125 cm³/mol. The molecule has 11 heteroatoms. The minimum atomic E-state index is -0.561. The first-order valence-corrected chi connectivity index (χ1v) is 11.7. The van der Waals surface area contributed by atoms with Gasteiger partial charge in [-0.3, -0.25) is 14.7 Å². The van der Waals surface area contributed by atoms with Gasteiger partial charge in [0.15, 0.2) is 17.3 Å². The van der Waals surface area contributed by atoms with Crippen LogP contribution in [0.25, 0.3) is 5.65 Å². The average molecular weight is 467 g/mol. The van der Waals surface area contributed by atoms with Crippen molar-refractivity contribution in [2.75, 3.05) is 55.3 Å². The molecule has 1 atom stereocenters. The van der Waals surface area contributed by atoms with Gasteiger partial charge in [0.2, 0.25) is 0 Å². The Kier molecular flexibility index (Phi) is 5.30. The first-order chi connectivity index (χ1) is 16.6. The standard InChI is InChI=1S/C23H27FN8O2/c24-15-9-27-22-19(21(25)29-32(22)12-15)23(33)28-18-11-26-10-17(14-1-2-14)20(18)31-6-4-30(5-7-31)16-3-8-34-13-16/h9-12,14,16H,1-8,13H2,(H2,25,29)(H,28,33)/t16-/m1/s1. The summed E-state index contributed by atoms with van der Waals surface area (Å²) in [7, 11) is 0. The molecule has 1 aliphatic carbocycles. The number of nitrogens with two attached hydrogens (primary N) is 1. The van der Waals surface area contributed by atoms with Crippen molar-refractivity contribution in [3.05, 3.63) is 41.7 Å². The fourth-order valence-electron chi connectivity index (χ4n) is 5.06. The molecule has 178 valence electrons. The summed E-state index contributed by atoms with van der Waals surface area (Å²) in [5, 5.41) is 7.04. The zero-order valence-corrected chi connectivity index (χ0v) is 18.8. The highest BCUT2D eigenvalue weighted by molar-refractivity contribution is 6.12. The fraction of sp³-hybridized carbons (Fsp3) is 0.478. The first kappa shape index (κ1) is 21.2. The van der Waals surface area contributed by atoms with Crippen molar-refractivity contribution in [3.8, 4) is 0 Å². The second-order valence-electron chi connectivity index (χ2n) is 9.19. The predicted octanol–water partition coefficient (Wildman–Crippen LogP) is 1.89. The number of piperazine rings is 1. The lowest BCUT2D eigenvalue weighted by molar-refractivity contribution is 0.102. The highest BCUT2D eigenvalue weighted by atomic mass is 19.1. The molecule has 3 fully saturated rings. The normalized spacial score (nSPS) is 21.3. The van der Waals surface area contributed by atoms with E-state index in [1.54, 1.807) is 6.20 Å². The number of carbonyl (C=O) groups is 1. The third-order valence-electron chi connectivity index (χ3n) is 6.96. The van der Waals surface area contributed by atoms with Gasteiger partial charge >= 0.3 is 0 Å². The zero-order valence-electron chi connectivity index (χ0n) is 18.8. The Hall–Kier alpha value is -3.31. The third kappa shape index (κ3) is 3.84. The van der Waals surface area contributed by atoms with Crippen molar-refractivity contribution in [3.63, 3.8) is 0 Å². The number of amides is 1. The van der Waals surface area contributed by atoms with Gasteiger partial charge in [-0.25, -0.2) is 13.9 Å². The van der Waals surface area contributed by atoms with Gasteiger partial charge in [-0.15, -0.1) is 5.10 Å². The van der Waals surface area contributed by atoms with Crippen LogP contribution in [0.2, 0.25) is 0 Å². The van der Waals surface area contributed by atoms with Crippen LogP contribution in [0.5, 0.6) is 0 Å². The molecule has 3 aliphatic rings. The summed E-state index contributed by atoms with van der Waals surface area (Å²) in [4.78, 5) is 26.6. The number of rotatable bonds is 5. The third-order valence-corrected chi connectivity index (χ3v) is 6.96. The fourth-order valence-corrected chi connectivity index (χ4v) is 5.06. The van der Waals surface area contributed by atoms with Crippen LogP contribution in [-0.2, 0) is 4.74 Å². The molecule has 2 aliphatic heterocycles. The largest absolute Gasteiger partial charge is 0.381 e. The molecule has 0 unspecified atom stereocenters. The van der Waals surface area contributed by atoms with Crippen molar-refractivity contribution < 1.29 is 13.9 Å². The molecule has 2 saturated heterocycles. The number of nitrogens with zero attached hydrogens (tertiary/aromatic N) is 6. The number of nitrogens with one attached hydrogen (secondary N) is 1. The molecule has 0 spiro atoms. The van der Waals surface area contributed by atoms with Gasteiger partial charge in [-0.05, 0) is 30.7 Å². The number of anilines is 3. The highest BCUT2D eigenvalue weighted by Gasteiger charge is 2.33. The number of halogens is 1. The molecule has 6 rings (SSSR count). The molecule has 3 aromatic rings. The molecule has 5 heterocycles. The molecule has 0 aromatic carbocycles. The quantitative estimate of drug-likeness (QED) is 0.586. The maximum absolute atomic E-state index is 13.5. The Morgan fingerprint density at radius 2 is 1.97 bits per heavy atom. The average Bonchev–Trinajstić information content (AvgIpc) is 3.42. The van der Waals surface area contributed by atoms with Crippen LogP contribution in [0.3, 0.4) is 0 Å². The van der Waals surface area contributed by atoms with Gasteiger partial charge in [0.25, 0.3) is 5.91 Å². The van der Waals surface area contributed by atoms with Crippen LogP contribution in [0.4, 0.5) is 21.6 Å². The number of nitrogen functional groups attached to an aromatic ring is 1. The smallest absolute Gasteiger partial charge is 0.263 e. The molecule has 34 heavy (non-hydrogen) atoms. The maximum Gasteiger partial charge on any atom is 0.263 e. The summed E-state index contributed by atoms with van der Waals surface area (Å²) in [6, 6.07) is 0.498. The van der Waals surface area contributed by atoms with Crippen LogP contribution >= 0.6 is 0 Å². The van der Waals surface area contributed by atoms with E-state index in [0.717, 1.165) is 76.7 Å². The minimum Gasteiger partial charge on any atom is -0.381 e. The number of aromatic nitrogens is 4. The zero-order chi connectivity index (χ0) is 23.2. The number of hydrogen-bond acceptors (Lipinski definition) is 8. The number of pyridine rings is 1. The van der Waals surface area contributed by atoms with Gasteiger partial charge in [-0.1, -0.05) is 0 Å². The number of hydrogen-bond donors (Lipinski definition) is 2. The van der Waals surface area contributed by atoms with Crippen molar-refractivity contribution >= 4 is 28.7 Å². The summed E-state index contributed by atoms with van der Waals surface area (Å²) in [6.45, 7) is 5.27. The molecule has 1 saturated carbocycles. The lowest BCUT2D eigenvalue weighted by Crippen LogP contribution is -2.51. The summed E-state index contributed by atoms with van der Waals surface area (Å²) < 4.78 is 20.3. The molecule has 3 N–H and O–H groups in total. The SMILES string of the molecule is Nc1nn2cc(F)cnc2c1C(=O)Nc1cncc(C2CC2)c1N1CCN([C@@H]2CCOC2)CC1. The Balaban J connectivity index is 1.29. The Morgan fingerprint density at radius 3 is 2.71 bits per heavy atom. The lowest BCUT2D eigenvalue weighted by Gasteiger charge is -2.40.